The van der Waals surface area contributed by atoms with E-state index in [0.29, 0.717) is 5.82 Å². The first-order chi connectivity index (χ1) is 11.7. The van der Waals surface area contributed by atoms with Crippen molar-refractivity contribution in [2.45, 2.75) is 13.8 Å². The maximum Gasteiger partial charge on any atom is 0.170 e. The van der Waals surface area contributed by atoms with Crippen LogP contribution in [0.5, 0.6) is 0 Å². The third-order valence-corrected chi connectivity index (χ3v) is 3.93. The third kappa shape index (κ3) is 2.60. The Hall–Kier alpha value is -3.21. The van der Waals surface area contributed by atoms with Gasteiger partial charge in [-0.25, -0.2) is 15.0 Å². The van der Waals surface area contributed by atoms with Crippen molar-refractivity contribution in [1.29, 1.82) is 0 Å². The number of nitrogens with one attached hydrogen (secondary N) is 1. The van der Waals surface area contributed by atoms with Crippen LogP contribution in [-0.2, 0) is 0 Å². The quantitative estimate of drug-likeness (QED) is 0.616. The smallest absolute Gasteiger partial charge is 0.170 e. The van der Waals surface area contributed by atoms with Gasteiger partial charge in [-0.1, -0.05) is 29.8 Å². The number of benzene rings is 2. The second kappa shape index (κ2) is 5.77. The second-order valence-corrected chi connectivity index (χ2v) is 5.84. The summed E-state index contributed by atoms with van der Waals surface area (Å²) in [5, 5.41) is 3.32. The third-order valence-electron chi connectivity index (χ3n) is 3.93. The van der Waals surface area contributed by atoms with E-state index in [1.165, 1.54) is 11.1 Å². The van der Waals surface area contributed by atoms with Gasteiger partial charge in [-0.15, -0.1) is 0 Å². The number of aryl methyl sites for hydroxylation is 2. The zero-order valence-electron chi connectivity index (χ0n) is 13.6. The fourth-order valence-electron chi connectivity index (χ4n) is 2.67. The number of rotatable bonds is 3. The number of fused-ring (bicyclic) bond motifs is 1. The van der Waals surface area contributed by atoms with Crippen LogP contribution in [0.1, 0.15) is 11.1 Å². The van der Waals surface area contributed by atoms with Gasteiger partial charge in [0.05, 0.1) is 0 Å². The van der Waals surface area contributed by atoms with Gasteiger partial charge in [0.2, 0.25) is 0 Å². The second-order valence-electron chi connectivity index (χ2n) is 5.84. The molecular formula is C19H17N5. The van der Waals surface area contributed by atoms with Crippen LogP contribution in [0, 0.1) is 13.8 Å². The maximum atomic E-state index is 4.51. The lowest BCUT2D eigenvalue weighted by molar-refractivity contribution is 1.06. The first kappa shape index (κ1) is 14.4. The molecule has 0 bridgehead atoms. The molecule has 1 N–H and O–H groups in total. The monoisotopic (exact) mass is 315 g/mol. The van der Waals surface area contributed by atoms with E-state index >= 15 is 0 Å². The highest BCUT2D eigenvalue weighted by molar-refractivity contribution is 5.86. The van der Waals surface area contributed by atoms with Gasteiger partial charge in [-0.3, -0.25) is 4.57 Å². The van der Waals surface area contributed by atoms with Crippen molar-refractivity contribution in [1.82, 2.24) is 19.5 Å². The zero-order valence-corrected chi connectivity index (χ0v) is 13.6. The van der Waals surface area contributed by atoms with Crippen LogP contribution in [0.15, 0.2) is 61.2 Å². The van der Waals surface area contributed by atoms with Crippen molar-refractivity contribution in [3.8, 4) is 5.69 Å². The molecule has 0 unspecified atom stereocenters. The number of hydrogen-bond donors (Lipinski definition) is 1. The normalized spacial score (nSPS) is 10.9. The summed E-state index contributed by atoms with van der Waals surface area (Å²) in [7, 11) is 0. The van der Waals surface area contributed by atoms with Crippen molar-refractivity contribution in [2.75, 3.05) is 5.32 Å². The van der Waals surface area contributed by atoms with Crippen molar-refractivity contribution in [3.05, 3.63) is 72.3 Å². The summed E-state index contributed by atoms with van der Waals surface area (Å²) in [5.74, 6) is 0.704. The van der Waals surface area contributed by atoms with Crippen LogP contribution in [0.3, 0.4) is 0 Å². The van der Waals surface area contributed by atoms with E-state index in [0.717, 1.165) is 22.5 Å². The van der Waals surface area contributed by atoms with Gasteiger partial charge in [-0.2, -0.15) is 0 Å². The van der Waals surface area contributed by atoms with Crippen LogP contribution < -0.4 is 5.32 Å². The first-order valence-electron chi connectivity index (χ1n) is 7.79. The molecule has 0 fully saturated rings. The minimum absolute atomic E-state index is 0.704. The molecule has 0 saturated carbocycles. The summed E-state index contributed by atoms with van der Waals surface area (Å²) in [6, 6.07) is 16.4. The van der Waals surface area contributed by atoms with E-state index in [1.807, 2.05) is 28.8 Å². The highest BCUT2D eigenvalue weighted by Gasteiger charge is 2.11. The molecule has 0 atom stereocenters. The zero-order chi connectivity index (χ0) is 16.5. The summed E-state index contributed by atoms with van der Waals surface area (Å²) < 4.78 is 1.98. The van der Waals surface area contributed by atoms with E-state index in [4.69, 9.17) is 0 Å². The van der Waals surface area contributed by atoms with E-state index in [9.17, 15) is 0 Å². The molecular weight excluding hydrogens is 298 g/mol. The SMILES string of the molecule is Cc1ccc(Nc2ncnc3c2ncn3-c2cccc(C)c2)cc1. The minimum Gasteiger partial charge on any atom is -0.338 e. The predicted octanol–water partition coefficient (Wildman–Crippen LogP) is 4.18. The molecule has 0 aliphatic heterocycles. The predicted molar refractivity (Wildman–Crippen MR) is 95.9 cm³/mol. The highest BCUT2D eigenvalue weighted by atomic mass is 15.1. The molecule has 118 valence electrons. The average molecular weight is 315 g/mol. The van der Waals surface area contributed by atoms with Gasteiger partial charge in [0, 0.05) is 11.4 Å². The molecule has 24 heavy (non-hydrogen) atoms. The van der Waals surface area contributed by atoms with Crippen molar-refractivity contribution in [2.24, 2.45) is 0 Å². The summed E-state index contributed by atoms with van der Waals surface area (Å²) in [6.07, 6.45) is 3.35. The number of aromatic nitrogens is 4. The summed E-state index contributed by atoms with van der Waals surface area (Å²) >= 11 is 0. The number of hydrogen-bond acceptors (Lipinski definition) is 4. The fraction of sp³-hybridized carbons (Fsp3) is 0.105. The molecule has 0 amide bonds. The molecule has 2 heterocycles. The van der Waals surface area contributed by atoms with E-state index in [-0.39, 0.29) is 0 Å². The topological polar surface area (TPSA) is 55.6 Å². The molecule has 0 spiro atoms. The maximum absolute atomic E-state index is 4.51. The van der Waals surface area contributed by atoms with Crippen molar-refractivity contribution < 1.29 is 0 Å². The summed E-state index contributed by atoms with van der Waals surface area (Å²) in [5.41, 5.74) is 5.96. The highest BCUT2D eigenvalue weighted by Crippen LogP contribution is 2.24. The van der Waals surface area contributed by atoms with Crippen LogP contribution >= 0.6 is 0 Å². The summed E-state index contributed by atoms with van der Waals surface area (Å²) in [6.45, 7) is 4.14. The van der Waals surface area contributed by atoms with Crippen LogP contribution in [-0.4, -0.2) is 19.5 Å². The molecule has 5 nitrogen and oxygen atoms in total. The van der Waals surface area contributed by atoms with Gasteiger partial charge in [0.1, 0.15) is 12.7 Å². The number of imidazole rings is 1. The van der Waals surface area contributed by atoms with E-state index in [1.54, 1.807) is 12.7 Å². The Bertz CT molecular complexity index is 1000. The number of anilines is 2. The molecule has 5 heteroatoms. The Morgan fingerprint density at radius 3 is 2.50 bits per heavy atom. The van der Waals surface area contributed by atoms with Gasteiger partial charge in [-0.05, 0) is 43.7 Å². The van der Waals surface area contributed by atoms with Gasteiger partial charge >= 0.3 is 0 Å². The fourth-order valence-corrected chi connectivity index (χ4v) is 2.67. The Balaban J connectivity index is 1.77. The van der Waals surface area contributed by atoms with Crippen LogP contribution in [0.4, 0.5) is 11.5 Å². The van der Waals surface area contributed by atoms with Gasteiger partial charge in [0.25, 0.3) is 0 Å². The average Bonchev–Trinajstić information content (AvgIpc) is 3.02. The molecule has 0 aliphatic rings. The Kier molecular flexibility index (Phi) is 3.46. The van der Waals surface area contributed by atoms with Crippen LogP contribution in [0.25, 0.3) is 16.9 Å². The standard InChI is InChI=1S/C19H17N5/c1-13-6-8-15(9-7-13)23-18-17-19(21-11-20-18)24(12-22-17)16-5-3-4-14(2)10-16/h3-12H,1-2H3,(H,20,21,23). The Labute approximate surface area is 140 Å². The Morgan fingerprint density at radius 2 is 1.71 bits per heavy atom. The molecule has 2 aromatic carbocycles. The molecule has 0 saturated heterocycles. The lowest BCUT2D eigenvalue weighted by atomic mass is 10.2. The van der Waals surface area contributed by atoms with Crippen molar-refractivity contribution >= 4 is 22.7 Å². The van der Waals surface area contributed by atoms with Gasteiger partial charge < -0.3 is 5.32 Å². The van der Waals surface area contributed by atoms with E-state index < -0.39 is 0 Å². The van der Waals surface area contributed by atoms with E-state index in [2.05, 4.69) is 58.4 Å². The van der Waals surface area contributed by atoms with Crippen LogP contribution in [0.2, 0.25) is 0 Å². The molecule has 2 aromatic heterocycles. The van der Waals surface area contributed by atoms with Crippen molar-refractivity contribution in [3.63, 3.8) is 0 Å². The minimum atomic E-state index is 0.704. The summed E-state index contributed by atoms with van der Waals surface area (Å²) in [4.78, 5) is 13.3. The first-order valence-corrected chi connectivity index (χ1v) is 7.79. The lowest BCUT2D eigenvalue weighted by Gasteiger charge is -2.07. The molecule has 0 aliphatic carbocycles. The lowest BCUT2D eigenvalue weighted by Crippen LogP contribution is -1.98. The molecule has 0 radical (unpaired) electrons. The van der Waals surface area contributed by atoms with Gasteiger partial charge in [0.15, 0.2) is 17.0 Å². The number of nitrogens with zero attached hydrogens (tertiary/aromatic N) is 4. The molecule has 4 rings (SSSR count). The largest absolute Gasteiger partial charge is 0.338 e. The Morgan fingerprint density at radius 1 is 0.875 bits per heavy atom. The molecule has 4 aromatic rings.